The van der Waals surface area contributed by atoms with Gasteiger partial charge in [0.05, 0.1) is 0 Å². The number of fused-ring (bicyclic) bond motifs is 6. The van der Waals surface area contributed by atoms with Crippen LogP contribution in [0.2, 0.25) is 0 Å². The van der Waals surface area contributed by atoms with Gasteiger partial charge < -0.3 is 0 Å². The van der Waals surface area contributed by atoms with Crippen molar-refractivity contribution >= 4 is 54.2 Å². The zero-order chi connectivity index (χ0) is 33.4. The zero-order valence-electron chi connectivity index (χ0n) is 25.3. The van der Waals surface area contributed by atoms with Crippen LogP contribution in [0.3, 0.4) is 0 Å². The third-order valence-corrected chi connectivity index (χ3v) is 7.71. The van der Waals surface area contributed by atoms with Gasteiger partial charge in [0, 0.05) is 32.7 Å². The number of alkyl halides is 6. The second-order valence-electron chi connectivity index (χ2n) is 10.4. The molecule has 0 saturated heterocycles. The quantitative estimate of drug-likeness (QED) is 0.145. The molecule has 0 aliphatic heterocycles. The molecule has 0 aliphatic rings. The Morgan fingerprint density at radius 1 is 0.622 bits per heavy atom. The Morgan fingerprint density at radius 3 is 1.58 bits per heavy atom. The lowest BCUT2D eigenvalue weighted by molar-refractivity contribution is -0.0914. The molecule has 0 bridgehead atoms. The van der Waals surface area contributed by atoms with Crippen LogP contribution in [0.5, 0.6) is 0 Å². The van der Waals surface area contributed by atoms with E-state index in [-0.39, 0.29) is 10.9 Å². The Hall–Kier alpha value is -4.72. The van der Waals surface area contributed by atoms with Crippen LogP contribution in [0, 0.1) is 0 Å². The van der Waals surface area contributed by atoms with Crippen LogP contribution in [-0.2, 0) is 0 Å². The summed E-state index contributed by atoms with van der Waals surface area (Å²) in [7, 11) is 0. The highest BCUT2D eigenvalue weighted by atomic mass is 19.4. The molecule has 5 rings (SSSR count). The lowest BCUT2D eigenvalue weighted by atomic mass is 10.0. The fourth-order valence-corrected chi connectivity index (χ4v) is 5.15. The molecule has 232 valence electrons. The van der Waals surface area contributed by atoms with Gasteiger partial charge in [-0.2, -0.15) is 26.3 Å². The molecule has 0 saturated carbocycles. The third-order valence-electron chi connectivity index (χ3n) is 7.71. The van der Waals surface area contributed by atoms with Crippen LogP contribution in [0.15, 0.2) is 106 Å². The summed E-state index contributed by atoms with van der Waals surface area (Å²) < 4.78 is 77.2. The van der Waals surface area contributed by atoms with E-state index in [9.17, 15) is 35.9 Å². The van der Waals surface area contributed by atoms with Gasteiger partial charge >= 0.3 is 12.4 Å². The van der Waals surface area contributed by atoms with Crippen molar-refractivity contribution < 1.29 is 26.3 Å². The van der Waals surface area contributed by atoms with Crippen molar-refractivity contribution in [1.29, 1.82) is 0 Å². The molecule has 2 nitrogen and oxygen atoms in total. The van der Waals surface area contributed by atoms with E-state index in [0.29, 0.717) is 65.4 Å². The van der Waals surface area contributed by atoms with E-state index >= 15 is 0 Å². The van der Waals surface area contributed by atoms with Gasteiger partial charge in [-0.3, -0.25) is 9.59 Å². The Kier molecular flexibility index (Phi) is 9.10. The molecule has 45 heavy (non-hydrogen) atoms. The van der Waals surface area contributed by atoms with E-state index in [2.05, 4.69) is 6.58 Å². The number of rotatable bonds is 5. The van der Waals surface area contributed by atoms with Crippen LogP contribution in [0.1, 0.15) is 45.7 Å². The van der Waals surface area contributed by atoms with Crippen molar-refractivity contribution in [3.05, 3.63) is 128 Å². The van der Waals surface area contributed by atoms with E-state index in [1.165, 1.54) is 12.2 Å². The van der Waals surface area contributed by atoms with Gasteiger partial charge in [-0.25, -0.2) is 0 Å². The number of benzene rings is 3. The van der Waals surface area contributed by atoms with Crippen molar-refractivity contribution in [3.63, 3.8) is 0 Å². The Labute approximate surface area is 255 Å². The van der Waals surface area contributed by atoms with E-state index in [4.69, 9.17) is 0 Å². The van der Waals surface area contributed by atoms with Gasteiger partial charge in [0.2, 0.25) is 0 Å². The maximum Gasteiger partial charge on any atom is 0.415 e. The maximum atomic E-state index is 13.5. The summed E-state index contributed by atoms with van der Waals surface area (Å²) in [6.45, 7) is 11.4. The summed E-state index contributed by atoms with van der Waals surface area (Å²) in [6, 6.07) is 13.6. The van der Waals surface area contributed by atoms with Crippen molar-refractivity contribution in [3.8, 4) is 0 Å². The number of hydrogen-bond donors (Lipinski definition) is 0. The Morgan fingerprint density at radius 2 is 1.09 bits per heavy atom. The van der Waals surface area contributed by atoms with E-state index in [1.807, 2.05) is 13.8 Å². The van der Waals surface area contributed by atoms with E-state index < -0.39 is 23.5 Å². The van der Waals surface area contributed by atoms with Crippen molar-refractivity contribution in [2.45, 2.75) is 47.0 Å². The van der Waals surface area contributed by atoms with Crippen LogP contribution >= 0.6 is 0 Å². The molecule has 8 heteroatoms. The molecule has 0 spiro atoms. The summed E-state index contributed by atoms with van der Waals surface area (Å²) in [5.41, 5.74) is -0.150. The molecule has 0 amide bonds. The maximum absolute atomic E-state index is 13.5. The first-order valence-corrected chi connectivity index (χ1v) is 14.2. The normalized spacial score (nSPS) is 13.8. The fourth-order valence-electron chi connectivity index (χ4n) is 5.15. The number of hydrogen-bond acceptors (Lipinski definition) is 2. The SMILES string of the molecule is C=C(/C=C\C(=C/C)c1ccc2c(c1)c(=O)c1cc3c(=O)c4cc(/C(C)=C/C=C(\C)C(F)(F)F)ccc4c3cc12)C(F)(F)F.CC. The summed E-state index contributed by atoms with van der Waals surface area (Å²) in [4.78, 5) is 26.9. The topological polar surface area (TPSA) is 34.1 Å². The predicted octanol–water partition coefficient (Wildman–Crippen LogP) is 10.9. The first kappa shape index (κ1) is 33.2. The molecule has 0 heterocycles. The van der Waals surface area contributed by atoms with E-state index in [0.717, 1.165) is 19.1 Å². The monoisotopic (exact) mass is 620 g/mol. The molecule has 0 radical (unpaired) electrons. The Balaban J connectivity index is 0.00000226. The van der Waals surface area contributed by atoms with Crippen molar-refractivity contribution in [2.75, 3.05) is 0 Å². The minimum atomic E-state index is -4.55. The molecule has 0 fully saturated rings. The summed E-state index contributed by atoms with van der Waals surface area (Å²) in [6.07, 6.45) is -2.81. The van der Waals surface area contributed by atoms with Crippen molar-refractivity contribution in [2.24, 2.45) is 0 Å². The highest BCUT2D eigenvalue weighted by Gasteiger charge is 2.30. The first-order chi connectivity index (χ1) is 21.1. The van der Waals surface area contributed by atoms with Gasteiger partial charge in [-0.1, -0.05) is 75.1 Å². The van der Waals surface area contributed by atoms with Crippen LogP contribution < -0.4 is 10.9 Å². The average Bonchev–Trinajstić information content (AvgIpc) is 3.44. The van der Waals surface area contributed by atoms with Gasteiger partial charge in [0.15, 0.2) is 10.9 Å². The molecule has 0 atom stereocenters. The lowest BCUT2D eigenvalue weighted by Crippen LogP contribution is -2.08. The van der Waals surface area contributed by atoms with Gasteiger partial charge in [-0.05, 0) is 88.9 Å². The molecule has 0 N–H and O–H groups in total. The van der Waals surface area contributed by atoms with Gasteiger partial charge in [0.25, 0.3) is 0 Å². The zero-order valence-corrected chi connectivity index (χ0v) is 25.3. The van der Waals surface area contributed by atoms with Crippen LogP contribution in [0.4, 0.5) is 26.3 Å². The minimum Gasteiger partial charge on any atom is -0.289 e. The van der Waals surface area contributed by atoms with Crippen LogP contribution in [0.25, 0.3) is 54.2 Å². The molecule has 5 aromatic rings. The highest BCUT2D eigenvalue weighted by Crippen LogP contribution is 2.35. The summed E-state index contributed by atoms with van der Waals surface area (Å²) >= 11 is 0. The smallest absolute Gasteiger partial charge is 0.289 e. The van der Waals surface area contributed by atoms with Gasteiger partial charge in [0.1, 0.15) is 0 Å². The second-order valence-corrected chi connectivity index (χ2v) is 10.4. The summed E-state index contributed by atoms with van der Waals surface area (Å²) in [5, 5.41) is 4.06. The van der Waals surface area contributed by atoms with Crippen molar-refractivity contribution in [1.82, 2.24) is 0 Å². The van der Waals surface area contributed by atoms with E-state index in [1.54, 1.807) is 68.5 Å². The largest absolute Gasteiger partial charge is 0.415 e. The predicted molar refractivity (Wildman–Crippen MR) is 174 cm³/mol. The number of halogens is 6. The molecule has 0 aromatic heterocycles. The lowest BCUT2D eigenvalue weighted by Gasteiger charge is -2.06. The summed E-state index contributed by atoms with van der Waals surface area (Å²) in [5.74, 6) is 0. The van der Waals surface area contributed by atoms with Gasteiger partial charge in [-0.15, -0.1) is 0 Å². The first-order valence-electron chi connectivity index (χ1n) is 14.2. The third kappa shape index (κ3) is 6.27. The second kappa shape index (κ2) is 12.3. The van der Waals surface area contributed by atoms with Crippen LogP contribution in [-0.4, -0.2) is 12.4 Å². The Bertz CT molecular complexity index is 2180. The standard InChI is InChI=1S/C35H24F6O2.C2H6/c1-5-21(9-8-20(4)35(39,40)41)23-11-13-25-27-16-26-24-12-10-22(18(2)6-7-19(3)34(36,37)38)14-28(24)32(42)30(26)17-31(27)33(43)29(25)15-23;1-2/h5-17H,4H2,1-3H3;1-2H3/b9-8-,18-6+,19-7+,21-5+;. The molecule has 0 aliphatic carbocycles. The molecule has 5 aromatic carbocycles. The highest BCUT2D eigenvalue weighted by molar-refractivity contribution is 6.21. The molecular weight excluding hydrogens is 590 g/mol. The average molecular weight is 621 g/mol. The minimum absolute atomic E-state index is 0.292. The molecular formula is C37H30F6O2. The fraction of sp³-hybridized carbons (Fsp3) is 0.189. The molecule has 0 unspecified atom stereocenters. The number of allylic oxidation sites excluding steroid dienone is 9.